The molecule has 1 aliphatic carbocycles. The van der Waals surface area contributed by atoms with Gasteiger partial charge >= 0.3 is 24.2 Å². The molecule has 0 amide bonds. The highest BCUT2D eigenvalue weighted by molar-refractivity contribution is 5.29. The third kappa shape index (κ3) is 2.55. The van der Waals surface area contributed by atoms with Crippen molar-refractivity contribution >= 4 is 0 Å². The Morgan fingerprint density at radius 2 is 1.14 bits per heavy atom. The topological polar surface area (TPSA) is 0 Å². The molecule has 0 heterocycles. The van der Waals surface area contributed by atoms with Crippen LogP contribution in [-0.2, 0) is 0 Å². The van der Waals surface area contributed by atoms with Crippen molar-refractivity contribution in [1.29, 1.82) is 0 Å². The highest BCUT2D eigenvalue weighted by atomic mass is 19.4. The van der Waals surface area contributed by atoms with Crippen molar-refractivity contribution in [3.63, 3.8) is 0 Å². The van der Waals surface area contributed by atoms with E-state index >= 15 is 0 Å². The molecule has 0 aromatic carbocycles. The highest BCUT2D eigenvalue weighted by Gasteiger charge is 2.87. The molecule has 1 unspecified atom stereocenters. The van der Waals surface area contributed by atoms with Crippen LogP contribution in [-0.4, -0.2) is 29.9 Å². The van der Waals surface area contributed by atoms with Gasteiger partial charge in [0.1, 0.15) is 0 Å². The van der Waals surface area contributed by atoms with Crippen molar-refractivity contribution in [2.45, 2.75) is 55.5 Å². The average molecular weight is 350 g/mol. The van der Waals surface area contributed by atoms with Crippen molar-refractivity contribution in [3.8, 4) is 0 Å². The lowest BCUT2D eigenvalue weighted by atomic mass is 9.79. The van der Waals surface area contributed by atoms with Gasteiger partial charge in [0.05, 0.1) is 0 Å². The van der Waals surface area contributed by atoms with Crippen LogP contribution in [0.4, 0.5) is 48.3 Å². The number of hydrogen-bond acceptors (Lipinski definition) is 0. The fourth-order valence-corrected chi connectivity index (χ4v) is 2.11. The lowest BCUT2D eigenvalue weighted by molar-refractivity contribution is -0.404. The monoisotopic (exact) mass is 350 g/mol. The minimum atomic E-state index is -7.19. The summed E-state index contributed by atoms with van der Waals surface area (Å²) in [6.45, 7) is 0. The molecule has 0 saturated carbocycles. The van der Waals surface area contributed by atoms with Crippen LogP contribution in [0.1, 0.15) is 25.7 Å². The second kappa shape index (κ2) is 5.26. The molecule has 0 aromatic rings. The maximum atomic E-state index is 14.1. The fourth-order valence-electron chi connectivity index (χ4n) is 2.11. The molecule has 22 heavy (non-hydrogen) atoms. The van der Waals surface area contributed by atoms with Gasteiger partial charge in [-0.1, -0.05) is 6.08 Å². The fraction of sp³-hybridized carbons (Fsp3) is 0.818. The number of rotatable bonds is 3. The normalized spacial score (nSPS) is 21.3. The highest BCUT2D eigenvalue weighted by Crippen LogP contribution is 2.60. The zero-order chi connectivity index (χ0) is 17.6. The van der Waals surface area contributed by atoms with Crippen molar-refractivity contribution in [2.75, 3.05) is 0 Å². The van der Waals surface area contributed by atoms with Gasteiger partial charge < -0.3 is 0 Å². The Balaban J connectivity index is 3.55. The van der Waals surface area contributed by atoms with Gasteiger partial charge in [-0.05, 0) is 31.3 Å². The standard InChI is InChI=1S/C11H9F11/c12-7(10(17,18)19,6-4-2-1-3-5-6)8(13,14)9(15,16)11(20,21)22/h4H,1-3,5H2. The molecular weight excluding hydrogens is 341 g/mol. The van der Waals surface area contributed by atoms with Gasteiger partial charge in [0.15, 0.2) is 0 Å². The van der Waals surface area contributed by atoms with Gasteiger partial charge in [0.25, 0.3) is 5.67 Å². The van der Waals surface area contributed by atoms with E-state index in [2.05, 4.69) is 0 Å². The van der Waals surface area contributed by atoms with E-state index in [0.717, 1.165) is 0 Å². The Kier molecular flexibility index (Phi) is 4.55. The van der Waals surface area contributed by atoms with E-state index in [1.54, 1.807) is 0 Å². The van der Waals surface area contributed by atoms with Crippen LogP contribution in [0.15, 0.2) is 11.6 Å². The lowest BCUT2D eigenvalue weighted by Crippen LogP contribution is -2.68. The lowest BCUT2D eigenvalue weighted by Gasteiger charge is -2.41. The predicted molar refractivity (Wildman–Crippen MR) is 52.4 cm³/mol. The molecule has 0 aliphatic heterocycles. The summed E-state index contributed by atoms with van der Waals surface area (Å²) >= 11 is 0. The van der Waals surface area contributed by atoms with E-state index in [4.69, 9.17) is 0 Å². The van der Waals surface area contributed by atoms with E-state index in [0.29, 0.717) is 6.08 Å². The SMILES string of the molecule is FC(F)(F)C(F)(F)C(F)(F)C(F)(C1=CCCCC1)C(F)(F)F. The zero-order valence-corrected chi connectivity index (χ0v) is 10.6. The number of alkyl halides is 11. The van der Waals surface area contributed by atoms with E-state index in [1.165, 1.54) is 0 Å². The van der Waals surface area contributed by atoms with Crippen molar-refractivity contribution in [1.82, 2.24) is 0 Å². The first kappa shape index (κ1) is 19.0. The van der Waals surface area contributed by atoms with E-state index in [9.17, 15) is 48.3 Å². The second-order valence-corrected chi connectivity index (χ2v) is 4.78. The first-order valence-corrected chi connectivity index (χ1v) is 5.88. The summed E-state index contributed by atoms with van der Waals surface area (Å²) in [4.78, 5) is 0. The summed E-state index contributed by atoms with van der Waals surface area (Å²) in [6, 6.07) is 0. The molecular formula is C11H9F11. The van der Waals surface area contributed by atoms with Crippen LogP contribution in [0.2, 0.25) is 0 Å². The molecule has 0 radical (unpaired) electrons. The Labute approximate surface area is 117 Å². The molecule has 0 bridgehead atoms. The predicted octanol–water partition coefficient (Wildman–Crippen LogP) is 5.59. The molecule has 11 heteroatoms. The summed E-state index contributed by atoms with van der Waals surface area (Å²) in [7, 11) is 0. The molecule has 1 aliphatic rings. The van der Waals surface area contributed by atoms with Crippen molar-refractivity contribution < 1.29 is 48.3 Å². The molecule has 0 fully saturated rings. The van der Waals surface area contributed by atoms with Crippen LogP contribution in [0, 0.1) is 0 Å². The Bertz CT molecular complexity index is 442. The van der Waals surface area contributed by atoms with Gasteiger partial charge in [-0.3, -0.25) is 0 Å². The number of halogens is 11. The minimum absolute atomic E-state index is 0.179. The Morgan fingerprint density at radius 1 is 0.636 bits per heavy atom. The van der Waals surface area contributed by atoms with E-state index < -0.39 is 41.9 Å². The molecule has 0 aromatic heterocycles. The Morgan fingerprint density at radius 3 is 1.45 bits per heavy atom. The van der Waals surface area contributed by atoms with E-state index in [1.807, 2.05) is 0 Å². The van der Waals surface area contributed by atoms with Gasteiger partial charge in [0.2, 0.25) is 0 Å². The molecule has 0 saturated heterocycles. The summed E-state index contributed by atoms with van der Waals surface area (Å²) in [6.07, 6.45) is -14.8. The third-order valence-electron chi connectivity index (χ3n) is 3.31. The van der Waals surface area contributed by atoms with Crippen molar-refractivity contribution in [2.24, 2.45) is 0 Å². The molecule has 130 valence electrons. The van der Waals surface area contributed by atoms with Crippen LogP contribution in [0.25, 0.3) is 0 Å². The Hall–Kier alpha value is -1.03. The molecule has 0 N–H and O–H groups in total. The molecule has 1 rings (SSSR count). The van der Waals surface area contributed by atoms with Gasteiger partial charge in [-0.15, -0.1) is 0 Å². The van der Waals surface area contributed by atoms with Gasteiger partial charge in [0, 0.05) is 0 Å². The van der Waals surface area contributed by atoms with Crippen LogP contribution in [0.3, 0.4) is 0 Å². The number of allylic oxidation sites excluding steroid dienone is 2. The zero-order valence-electron chi connectivity index (χ0n) is 10.6. The largest absolute Gasteiger partial charge is 0.460 e. The van der Waals surface area contributed by atoms with Crippen LogP contribution >= 0.6 is 0 Å². The average Bonchev–Trinajstić information content (AvgIpc) is 2.35. The summed E-state index contributed by atoms with van der Waals surface area (Å²) in [5, 5.41) is 0. The quantitative estimate of drug-likeness (QED) is 0.460. The van der Waals surface area contributed by atoms with Gasteiger partial charge in [-0.2, -0.15) is 43.9 Å². The maximum absolute atomic E-state index is 14.1. The smallest absolute Gasteiger partial charge is 0.222 e. The minimum Gasteiger partial charge on any atom is -0.222 e. The van der Waals surface area contributed by atoms with Crippen LogP contribution in [0.5, 0.6) is 0 Å². The van der Waals surface area contributed by atoms with Crippen molar-refractivity contribution in [3.05, 3.63) is 11.6 Å². The maximum Gasteiger partial charge on any atom is 0.460 e. The molecule has 1 atom stereocenters. The first-order valence-electron chi connectivity index (χ1n) is 5.88. The summed E-state index contributed by atoms with van der Waals surface area (Å²) < 4.78 is 141. The molecule has 0 nitrogen and oxygen atoms in total. The number of hydrogen-bond donors (Lipinski definition) is 0. The summed E-state index contributed by atoms with van der Waals surface area (Å²) in [5.74, 6) is -14.2. The third-order valence-corrected chi connectivity index (χ3v) is 3.31. The second-order valence-electron chi connectivity index (χ2n) is 4.78. The van der Waals surface area contributed by atoms with E-state index in [-0.39, 0.29) is 19.3 Å². The first-order chi connectivity index (χ1) is 9.61. The summed E-state index contributed by atoms with van der Waals surface area (Å²) in [5.41, 5.74) is -7.90. The van der Waals surface area contributed by atoms with Crippen LogP contribution < -0.4 is 0 Å². The molecule has 0 spiro atoms. The van der Waals surface area contributed by atoms with Gasteiger partial charge in [-0.25, -0.2) is 4.39 Å².